The van der Waals surface area contributed by atoms with Crippen molar-refractivity contribution in [2.24, 2.45) is 4.99 Å². The molecule has 13 heteroatoms. The highest BCUT2D eigenvalue weighted by atomic mass is 35.5. The molecule has 3 rings (SSSR count). The summed E-state index contributed by atoms with van der Waals surface area (Å²) in [5.41, 5.74) is 2.69. The molecule has 2 aromatic heterocycles. The van der Waals surface area contributed by atoms with Gasteiger partial charge in [-0.15, -0.1) is 5.10 Å². The van der Waals surface area contributed by atoms with Crippen LogP contribution in [0, 0.1) is 5.82 Å². The predicted molar refractivity (Wildman–Crippen MR) is 85.5 cm³/mol. The lowest BCUT2D eigenvalue weighted by Gasteiger charge is -2.04. The minimum atomic E-state index is -0.578. The van der Waals surface area contributed by atoms with E-state index in [4.69, 9.17) is 16.2 Å². The normalized spacial score (nSPS) is 11.8. The molecule has 0 amide bonds. The molecule has 10 nitrogen and oxygen atoms in total. The van der Waals surface area contributed by atoms with E-state index in [0.717, 1.165) is 6.07 Å². The Balaban J connectivity index is 1.93. The van der Waals surface area contributed by atoms with Gasteiger partial charge in [0.25, 0.3) is 0 Å². The standard InChI is InChI=1S/C12H10ClFN8O2S/c1-25-12-16-20-21-22(12)5-9-10(19-24-18-9)11(17-23)15-6-2-3-8(14)7(13)4-6/h2-4,23H,5H2,1H3,(H,15,17). The number of amidine groups is 1. The molecule has 0 aliphatic heterocycles. The van der Waals surface area contributed by atoms with Crippen molar-refractivity contribution in [1.82, 2.24) is 36.0 Å². The van der Waals surface area contributed by atoms with E-state index in [9.17, 15) is 9.60 Å². The Morgan fingerprint density at radius 1 is 1.48 bits per heavy atom. The molecule has 130 valence electrons. The molecule has 0 bridgehead atoms. The first-order valence-electron chi connectivity index (χ1n) is 6.68. The van der Waals surface area contributed by atoms with E-state index < -0.39 is 5.82 Å². The highest BCUT2D eigenvalue weighted by Crippen LogP contribution is 2.22. The van der Waals surface area contributed by atoms with Gasteiger partial charge >= 0.3 is 0 Å². The summed E-state index contributed by atoms with van der Waals surface area (Å²) >= 11 is 7.08. The van der Waals surface area contributed by atoms with Crippen LogP contribution in [-0.4, -0.2) is 47.8 Å². The molecule has 0 aliphatic carbocycles. The first kappa shape index (κ1) is 17.3. The largest absolute Gasteiger partial charge is 0.290 e. The van der Waals surface area contributed by atoms with E-state index in [1.54, 1.807) is 0 Å². The first-order valence-corrected chi connectivity index (χ1v) is 8.28. The molecule has 0 saturated carbocycles. The molecule has 0 spiro atoms. The molecule has 2 N–H and O–H groups in total. The molecule has 0 saturated heterocycles. The van der Waals surface area contributed by atoms with Gasteiger partial charge in [-0.2, -0.15) is 0 Å². The number of tetrazole rings is 1. The highest BCUT2D eigenvalue weighted by Gasteiger charge is 2.19. The first-order chi connectivity index (χ1) is 12.1. The second-order valence-electron chi connectivity index (χ2n) is 4.55. The summed E-state index contributed by atoms with van der Waals surface area (Å²) in [7, 11) is 0. The van der Waals surface area contributed by atoms with Crippen molar-refractivity contribution in [1.29, 1.82) is 0 Å². The Bertz CT molecular complexity index is 914. The Morgan fingerprint density at radius 2 is 2.32 bits per heavy atom. The fraction of sp³-hybridized carbons (Fsp3) is 0.167. The van der Waals surface area contributed by atoms with Gasteiger partial charge in [-0.05, 0) is 40.0 Å². The van der Waals surface area contributed by atoms with Crippen LogP contribution in [0.2, 0.25) is 5.02 Å². The molecular formula is C12H10ClFN8O2S. The zero-order chi connectivity index (χ0) is 17.8. The van der Waals surface area contributed by atoms with Crippen LogP contribution in [0.3, 0.4) is 0 Å². The van der Waals surface area contributed by atoms with E-state index in [-0.39, 0.29) is 23.1 Å². The number of halogens is 2. The molecule has 0 atom stereocenters. The second kappa shape index (κ2) is 7.55. The van der Waals surface area contributed by atoms with Crippen molar-refractivity contribution >= 4 is 34.9 Å². The molecule has 0 fully saturated rings. The number of hydrogen-bond acceptors (Lipinski definition) is 9. The third kappa shape index (κ3) is 3.75. The average Bonchev–Trinajstić information content (AvgIpc) is 3.25. The van der Waals surface area contributed by atoms with Gasteiger partial charge in [0.05, 0.1) is 17.3 Å². The van der Waals surface area contributed by atoms with Gasteiger partial charge in [0.2, 0.25) is 5.16 Å². The lowest BCUT2D eigenvalue weighted by atomic mass is 10.2. The number of thioether (sulfide) groups is 1. The Morgan fingerprint density at radius 3 is 3.04 bits per heavy atom. The average molecular weight is 385 g/mol. The van der Waals surface area contributed by atoms with Crippen LogP contribution in [0.4, 0.5) is 10.1 Å². The third-order valence-electron chi connectivity index (χ3n) is 3.01. The van der Waals surface area contributed by atoms with Crippen LogP contribution in [0.1, 0.15) is 11.4 Å². The van der Waals surface area contributed by atoms with Crippen LogP contribution in [0.25, 0.3) is 0 Å². The number of hydroxylamine groups is 1. The maximum Gasteiger partial charge on any atom is 0.209 e. The van der Waals surface area contributed by atoms with Crippen molar-refractivity contribution in [2.45, 2.75) is 11.7 Å². The lowest BCUT2D eigenvalue weighted by molar-refractivity contribution is 0.234. The molecule has 0 aliphatic rings. The molecule has 3 aromatic rings. The molecular weight excluding hydrogens is 375 g/mol. The summed E-state index contributed by atoms with van der Waals surface area (Å²) in [6.45, 7) is 0.146. The summed E-state index contributed by atoms with van der Waals surface area (Å²) in [5, 5.41) is 28.6. The van der Waals surface area contributed by atoms with Crippen molar-refractivity contribution < 1.29 is 14.2 Å². The van der Waals surface area contributed by atoms with Crippen molar-refractivity contribution in [3.05, 3.63) is 40.4 Å². The van der Waals surface area contributed by atoms with Gasteiger partial charge in [0.15, 0.2) is 11.5 Å². The number of nitrogens with one attached hydrogen (secondary N) is 1. The van der Waals surface area contributed by atoms with Gasteiger partial charge in [0.1, 0.15) is 11.5 Å². The van der Waals surface area contributed by atoms with Crippen LogP contribution in [0.5, 0.6) is 0 Å². The summed E-state index contributed by atoms with van der Waals surface area (Å²) in [6, 6.07) is 3.84. The minimum Gasteiger partial charge on any atom is -0.290 e. The van der Waals surface area contributed by atoms with E-state index in [1.807, 2.05) is 11.7 Å². The van der Waals surface area contributed by atoms with E-state index in [2.05, 4.69) is 30.8 Å². The maximum atomic E-state index is 13.2. The van der Waals surface area contributed by atoms with Crippen LogP contribution in [0.15, 0.2) is 33.0 Å². The zero-order valence-corrected chi connectivity index (χ0v) is 14.2. The number of aliphatic imine (C=N–C) groups is 1. The molecule has 1 aromatic carbocycles. The molecule has 25 heavy (non-hydrogen) atoms. The van der Waals surface area contributed by atoms with Crippen molar-refractivity contribution in [2.75, 3.05) is 6.26 Å². The van der Waals surface area contributed by atoms with Crippen molar-refractivity contribution in [3.63, 3.8) is 0 Å². The smallest absolute Gasteiger partial charge is 0.209 e. The molecule has 0 radical (unpaired) electrons. The highest BCUT2D eigenvalue weighted by molar-refractivity contribution is 7.98. The number of hydrogen-bond donors (Lipinski definition) is 2. The number of nitrogens with zero attached hydrogens (tertiary/aromatic N) is 7. The van der Waals surface area contributed by atoms with E-state index in [1.165, 1.54) is 28.6 Å². The fourth-order valence-corrected chi connectivity index (χ4v) is 2.49. The van der Waals surface area contributed by atoms with Gasteiger partial charge in [-0.1, -0.05) is 28.5 Å². The SMILES string of the molecule is CSc1nnnn1Cc1nonc1C(=Nc1ccc(F)c(Cl)c1)NO. The van der Waals surface area contributed by atoms with Gasteiger partial charge in [0, 0.05) is 0 Å². The second-order valence-corrected chi connectivity index (χ2v) is 5.73. The number of rotatable bonds is 5. The zero-order valence-electron chi connectivity index (χ0n) is 12.6. The number of aromatic nitrogens is 6. The minimum absolute atomic E-state index is 0.0577. The maximum absolute atomic E-state index is 13.2. The Kier molecular flexibility index (Phi) is 5.21. The Hall–Kier alpha value is -2.57. The van der Waals surface area contributed by atoms with Gasteiger partial charge in [-0.3, -0.25) is 10.7 Å². The van der Waals surface area contributed by atoms with Crippen LogP contribution in [-0.2, 0) is 6.54 Å². The summed E-state index contributed by atoms with van der Waals surface area (Å²) < 4.78 is 19.4. The van der Waals surface area contributed by atoms with Crippen LogP contribution < -0.4 is 5.48 Å². The quantitative estimate of drug-likeness (QED) is 0.292. The van der Waals surface area contributed by atoms with E-state index >= 15 is 0 Å². The molecule has 0 unspecified atom stereocenters. The predicted octanol–water partition coefficient (Wildman–Crippen LogP) is 1.68. The Labute approximate surface area is 149 Å². The summed E-state index contributed by atoms with van der Waals surface area (Å²) in [6.07, 6.45) is 1.82. The summed E-state index contributed by atoms with van der Waals surface area (Å²) in [5.74, 6) is -0.635. The van der Waals surface area contributed by atoms with Gasteiger partial charge < -0.3 is 0 Å². The van der Waals surface area contributed by atoms with Gasteiger partial charge in [-0.25, -0.2) is 18.7 Å². The third-order valence-corrected chi connectivity index (χ3v) is 3.96. The monoisotopic (exact) mass is 384 g/mol. The fourth-order valence-electron chi connectivity index (χ4n) is 1.89. The number of benzene rings is 1. The van der Waals surface area contributed by atoms with Crippen molar-refractivity contribution in [3.8, 4) is 0 Å². The van der Waals surface area contributed by atoms with E-state index in [0.29, 0.717) is 16.5 Å². The summed E-state index contributed by atoms with van der Waals surface area (Å²) in [4.78, 5) is 4.13. The molecule has 2 heterocycles. The topological polar surface area (TPSA) is 127 Å². The lowest BCUT2D eigenvalue weighted by Crippen LogP contribution is -2.22. The van der Waals surface area contributed by atoms with Crippen LogP contribution >= 0.6 is 23.4 Å².